The quantitative estimate of drug-likeness (QED) is 0.743. The largest absolute Gasteiger partial charge is 0.326 e. The molecule has 0 bridgehead atoms. The minimum Gasteiger partial charge on any atom is -0.326 e. The fourth-order valence-corrected chi connectivity index (χ4v) is 3.72. The van der Waals surface area contributed by atoms with E-state index < -0.39 is 0 Å². The van der Waals surface area contributed by atoms with Gasteiger partial charge in [-0.15, -0.1) is 0 Å². The molecule has 0 aromatic heterocycles. The van der Waals surface area contributed by atoms with E-state index in [-0.39, 0.29) is 0 Å². The van der Waals surface area contributed by atoms with Gasteiger partial charge in [-0.05, 0) is 51.6 Å². The predicted octanol–water partition coefficient (Wildman–Crippen LogP) is 3.08. The Bertz CT molecular complexity index is 260. The summed E-state index contributed by atoms with van der Waals surface area (Å²) in [4.78, 5) is 2.70. The van der Waals surface area contributed by atoms with Gasteiger partial charge in [-0.3, -0.25) is 4.90 Å². The Morgan fingerprint density at radius 1 is 1.24 bits per heavy atom. The first-order valence-corrected chi connectivity index (χ1v) is 7.36. The summed E-state index contributed by atoms with van der Waals surface area (Å²) < 4.78 is 0. The van der Waals surface area contributed by atoms with Crippen LogP contribution in [0, 0.1) is 0 Å². The Balaban J connectivity index is 2.07. The zero-order chi connectivity index (χ0) is 12.3. The second-order valence-electron chi connectivity index (χ2n) is 5.92. The summed E-state index contributed by atoms with van der Waals surface area (Å²) >= 11 is 0. The van der Waals surface area contributed by atoms with Gasteiger partial charge in [0.15, 0.2) is 0 Å². The average molecular weight is 236 g/mol. The Morgan fingerprint density at radius 3 is 2.35 bits per heavy atom. The Hall–Kier alpha value is -0.340. The molecule has 2 nitrogen and oxygen atoms in total. The minimum atomic E-state index is 0.301. The summed E-state index contributed by atoms with van der Waals surface area (Å²) in [6.45, 7) is 8.87. The van der Waals surface area contributed by atoms with Crippen molar-refractivity contribution < 1.29 is 0 Å². The maximum absolute atomic E-state index is 6.57. The van der Waals surface area contributed by atoms with Crippen molar-refractivity contribution in [2.75, 3.05) is 13.1 Å². The molecule has 1 saturated carbocycles. The lowest BCUT2D eigenvalue weighted by Gasteiger charge is -2.44. The fourth-order valence-electron chi connectivity index (χ4n) is 3.72. The molecular weight excluding hydrogens is 208 g/mol. The van der Waals surface area contributed by atoms with Crippen LogP contribution in [0.2, 0.25) is 0 Å². The van der Waals surface area contributed by atoms with Crippen LogP contribution < -0.4 is 5.73 Å². The van der Waals surface area contributed by atoms with Crippen molar-refractivity contribution in [3.63, 3.8) is 0 Å². The zero-order valence-corrected chi connectivity index (χ0v) is 11.4. The lowest BCUT2D eigenvalue weighted by atomic mass is 9.83. The van der Waals surface area contributed by atoms with Crippen LogP contribution in [0.15, 0.2) is 12.2 Å². The molecule has 0 radical (unpaired) electrons. The van der Waals surface area contributed by atoms with Crippen LogP contribution in [0.4, 0.5) is 0 Å². The van der Waals surface area contributed by atoms with Crippen LogP contribution in [0.1, 0.15) is 58.3 Å². The van der Waals surface area contributed by atoms with Crippen molar-refractivity contribution in [1.29, 1.82) is 0 Å². The van der Waals surface area contributed by atoms with Gasteiger partial charge in [-0.25, -0.2) is 0 Å². The van der Waals surface area contributed by atoms with Gasteiger partial charge >= 0.3 is 0 Å². The topological polar surface area (TPSA) is 29.3 Å². The molecule has 2 rings (SSSR count). The standard InChI is InChI=1S/C15H28N2/c1-3-13(2)12-14(16)15(8-4-5-9-15)17-10-6-7-11-17/h14H,2-12,16H2,1H3. The molecule has 0 spiro atoms. The van der Waals surface area contributed by atoms with Crippen molar-refractivity contribution in [3.05, 3.63) is 12.2 Å². The first kappa shape index (κ1) is 13.1. The van der Waals surface area contributed by atoms with Crippen LogP contribution in [0.3, 0.4) is 0 Å². The average Bonchev–Trinajstić information content (AvgIpc) is 2.99. The van der Waals surface area contributed by atoms with E-state index in [1.807, 2.05) is 0 Å². The monoisotopic (exact) mass is 236 g/mol. The van der Waals surface area contributed by atoms with E-state index in [1.54, 1.807) is 0 Å². The number of nitrogens with two attached hydrogens (primary N) is 1. The van der Waals surface area contributed by atoms with Crippen LogP contribution in [-0.2, 0) is 0 Å². The molecule has 17 heavy (non-hydrogen) atoms. The van der Waals surface area contributed by atoms with Gasteiger partial charge in [0.1, 0.15) is 0 Å². The van der Waals surface area contributed by atoms with Gasteiger partial charge in [0.05, 0.1) is 0 Å². The number of nitrogens with zero attached hydrogens (tertiary/aromatic N) is 1. The Morgan fingerprint density at radius 2 is 1.82 bits per heavy atom. The molecule has 2 heteroatoms. The van der Waals surface area contributed by atoms with Gasteiger partial charge in [-0.2, -0.15) is 0 Å². The van der Waals surface area contributed by atoms with Crippen LogP contribution >= 0.6 is 0 Å². The van der Waals surface area contributed by atoms with E-state index in [0.29, 0.717) is 11.6 Å². The second kappa shape index (κ2) is 5.53. The van der Waals surface area contributed by atoms with E-state index in [1.165, 1.54) is 57.2 Å². The summed E-state index contributed by atoms with van der Waals surface area (Å²) in [6, 6.07) is 0.301. The highest BCUT2D eigenvalue weighted by molar-refractivity contribution is 5.08. The summed E-state index contributed by atoms with van der Waals surface area (Å²) in [7, 11) is 0. The zero-order valence-electron chi connectivity index (χ0n) is 11.4. The van der Waals surface area contributed by atoms with Crippen molar-refractivity contribution in [2.24, 2.45) is 5.73 Å². The van der Waals surface area contributed by atoms with Gasteiger partial charge in [0.25, 0.3) is 0 Å². The molecule has 0 aromatic carbocycles. The van der Waals surface area contributed by atoms with Crippen molar-refractivity contribution in [3.8, 4) is 0 Å². The summed E-state index contributed by atoms with van der Waals surface area (Å²) in [5.74, 6) is 0. The molecule has 1 unspecified atom stereocenters. The van der Waals surface area contributed by atoms with E-state index in [0.717, 1.165) is 12.8 Å². The molecule has 0 aromatic rings. The van der Waals surface area contributed by atoms with Crippen LogP contribution in [-0.4, -0.2) is 29.6 Å². The fraction of sp³-hybridized carbons (Fsp3) is 0.867. The maximum Gasteiger partial charge on any atom is 0.0363 e. The number of likely N-dealkylation sites (tertiary alicyclic amines) is 1. The molecule has 1 atom stereocenters. The minimum absolute atomic E-state index is 0.301. The Labute approximate surface area is 106 Å². The van der Waals surface area contributed by atoms with Crippen LogP contribution in [0.25, 0.3) is 0 Å². The molecule has 1 saturated heterocycles. The third-order valence-electron chi connectivity index (χ3n) is 4.90. The van der Waals surface area contributed by atoms with Crippen LogP contribution in [0.5, 0.6) is 0 Å². The number of hydrogen-bond acceptors (Lipinski definition) is 2. The summed E-state index contributed by atoms with van der Waals surface area (Å²) in [5, 5.41) is 0. The van der Waals surface area contributed by atoms with Crippen molar-refractivity contribution in [1.82, 2.24) is 4.90 Å². The lowest BCUT2D eigenvalue weighted by Crippen LogP contribution is -2.57. The van der Waals surface area contributed by atoms with E-state index in [4.69, 9.17) is 5.73 Å². The van der Waals surface area contributed by atoms with Gasteiger partial charge in [-0.1, -0.05) is 31.9 Å². The molecule has 2 aliphatic rings. The normalized spacial score (nSPS) is 26.2. The van der Waals surface area contributed by atoms with E-state index in [9.17, 15) is 0 Å². The Kier molecular flexibility index (Phi) is 4.26. The predicted molar refractivity (Wildman–Crippen MR) is 74.0 cm³/mol. The SMILES string of the molecule is C=C(CC)CC(N)C1(N2CCCC2)CCCC1. The van der Waals surface area contributed by atoms with Gasteiger partial charge in [0, 0.05) is 11.6 Å². The third-order valence-corrected chi connectivity index (χ3v) is 4.90. The van der Waals surface area contributed by atoms with Crippen molar-refractivity contribution in [2.45, 2.75) is 69.9 Å². The molecule has 2 fully saturated rings. The van der Waals surface area contributed by atoms with Gasteiger partial charge < -0.3 is 5.73 Å². The first-order valence-electron chi connectivity index (χ1n) is 7.36. The van der Waals surface area contributed by atoms with E-state index >= 15 is 0 Å². The third kappa shape index (κ3) is 2.58. The highest BCUT2D eigenvalue weighted by Crippen LogP contribution is 2.40. The highest BCUT2D eigenvalue weighted by Gasteiger charge is 2.44. The molecule has 1 aliphatic carbocycles. The number of hydrogen-bond donors (Lipinski definition) is 1. The molecule has 98 valence electrons. The molecular formula is C15H28N2. The summed E-state index contributed by atoms with van der Waals surface area (Å²) in [6.07, 6.45) is 10.2. The van der Waals surface area contributed by atoms with Gasteiger partial charge in [0.2, 0.25) is 0 Å². The lowest BCUT2D eigenvalue weighted by molar-refractivity contribution is 0.0919. The highest BCUT2D eigenvalue weighted by atomic mass is 15.2. The molecule has 2 N–H and O–H groups in total. The molecule has 1 heterocycles. The maximum atomic E-state index is 6.57. The van der Waals surface area contributed by atoms with Crippen molar-refractivity contribution >= 4 is 0 Å². The van der Waals surface area contributed by atoms with E-state index in [2.05, 4.69) is 18.4 Å². The summed E-state index contributed by atoms with van der Waals surface area (Å²) in [5.41, 5.74) is 8.20. The smallest absolute Gasteiger partial charge is 0.0363 e. The number of rotatable bonds is 5. The molecule has 1 aliphatic heterocycles. The first-order chi connectivity index (χ1) is 8.19. The molecule has 0 amide bonds. The second-order valence-corrected chi connectivity index (χ2v) is 5.92.